The largest absolute Gasteiger partial charge is 0.383 e. The zero-order valence-electron chi connectivity index (χ0n) is 12.4. The van der Waals surface area contributed by atoms with Gasteiger partial charge in [-0.3, -0.25) is 4.79 Å². The maximum absolute atomic E-state index is 12.3. The molecule has 0 radical (unpaired) electrons. The summed E-state index contributed by atoms with van der Waals surface area (Å²) in [4.78, 5) is 14.2. The quantitative estimate of drug-likeness (QED) is 0.766. The molecule has 1 aromatic rings. The number of carbonyl (C=O) groups is 1. The smallest absolute Gasteiger partial charge is 0.227 e. The van der Waals surface area contributed by atoms with Crippen LogP contribution in [0.2, 0.25) is 0 Å². The molecule has 1 aromatic carbocycles. The Kier molecular flexibility index (Phi) is 6.75. The summed E-state index contributed by atoms with van der Waals surface area (Å²) in [6, 6.07) is 9.22. The molecule has 4 heteroatoms. The van der Waals surface area contributed by atoms with E-state index >= 15 is 0 Å². The Balaban J connectivity index is 2.66. The van der Waals surface area contributed by atoms with Crippen LogP contribution in [0.25, 0.3) is 0 Å². The lowest BCUT2D eigenvalue weighted by Gasteiger charge is -2.24. The van der Waals surface area contributed by atoms with Gasteiger partial charge < -0.3 is 9.64 Å². The van der Waals surface area contributed by atoms with Gasteiger partial charge in [0.15, 0.2) is 0 Å². The van der Waals surface area contributed by atoms with Crippen LogP contribution in [0.15, 0.2) is 24.3 Å². The van der Waals surface area contributed by atoms with Crippen LogP contribution in [0.5, 0.6) is 0 Å². The second-order valence-corrected chi connectivity index (χ2v) is 5.21. The fourth-order valence-electron chi connectivity index (χ4n) is 1.94. The highest BCUT2D eigenvalue weighted by atomic mass is 16.5. The van der Waals surface area contributed by atoms with Crippen LogP contribution in [-0.4, -0.2) is 37.6 Å². The number of nitriles is 1. The molecule has 108 valence electrons. The van der Waals surface area contributed by atoms with Crippen LogP contribution in [0.4, 0.5) is 0 Å². The number of benzene rings is 1. The van der Waals surface area contributed by atoms with Crippen LogP contribution in [0, 0.1) is 17.2 Å². The van der Waals surface area contributed by atoms with E-state index in [0.29, 0.717) is 31.1 Å². The molecule has 0 unspecified atom stereocenters. The van der Waals surface area contributed by atoms with Crippen molar-refractivity contribution in [2.75, 3.05) is 26.8 Å². The van der Waals surface area contributed by atoms with E-state index in [4.69, 9.17) is 10.00 Å². The van der Waals surface area contributed by atoms with Gasteiger partial charge in [-0.15, -0.1) is 0 Å². The van der Waals surface area contributed by atoms with Crippen molar-refractivity contribution < 1.29 is 9.53 Å². The molecule has 0 aromatic heterocycles. The van der Waals surface area contributed by atoms with Gasteiger partial charge in [0, 0.05) is 20.2 Å². The standard InChI is InChI=1S/C16H22N2O2/c1-13(2)12-18(8-9-20-3)16(19)10-14-4-6-15(11-17)7-5-14/h4-7,13H,8-10,12H2,1-3H3. The molecule has 0 saturated carbocycles. The number of methoxy groups -OCH3 is 1. The Morgan fingerprint density at radius 2 is 2.00 bits per heavy atom. The number of hydrogen-bond donors (Lipinski definition) is 0. The van der Waals surface area contributed by atoms with Crippen molar-refractivity contribution in [1.82, 2.24) is 4.90 Å². The van der Waals surface area contributed by atoms with E-state index in [2.05, 4.69) is 19.9 Å². The summed E-state index contributed by atoms with van der Waals surface area (Å²) in [7, 11) is 1.64. The molecule has 0 heterocycles. The van der Waals surface area contributed by atoms with E-state index in [1.165, 1.54) is 0 Å². The van der Waals surface area contributed by atoms with Crippen molar-refractivity contribution in [2.24, 2.45) is 5.92 Å². The third-order valence-electron chi connectivity index (χ3n) is 2.94. The summed E-state index contributed by atoms with van der Waals surface area (Å²) in [5.41, 5.74) is 1.54. The highest BCUT2D eigenvalue weighted by molar-refractivity contribution is 5.78. The minimum Gasteiger partial charge on any atom is -0.383 e. The van der Waals surface area contributed by atoms with Crippen molar-refractivity contribution in [3.63, 3.8) is 0 Å². The van der Waals surface area contributed by atoms with Crippen LogP contribution in [0.1, 0.15) is 25.0 Å². The van der Waals surface area contributed by atoms with Crippen molar-refractivity contribution >= 4 is 5.91 Å². The highest BCUT2D eigenvalue weighted by Crippen LogP contribution is 2.08. The zero-order valence-corrected chi connectivity index (χ0v) is 12.4. The van der Waals surface area contributed by atoms with Gasteiger partial charge in [-0.2, -0.15) is 5.26 Å². The Morgan fingerprint density at radius 3 is 2.50 bits per heavy atom. The molecule has 0 bridgehead atoms. The van der Waals surface area contributed by atoms with Gasteiger partial charge in [0.2, 0.25) is 5.91 Å². The molecule has 0 spiro atoms. The first kappa shape index (κ1) is 16.2. The summed E-state index contributed by atoms with van der Waals surface area (Å²) in [6.45, 7) is 6.08. The Hall–Kier alpha value is -1.86. The Labute approximate surface area is 121 Å². The molecular formula is C16H22N2O2. The second-order valence-electron chi connectivity index (χ2n) is 5.21. The van der Waals surface area contributed by atoms with E-state index in [1.54, 1.807) is 19.2 Å². The molecule has 0 aliphatic carbocycles. The first-order valence-corrected chi connectivity index (χ1v) is 6.82. The van der Waals surface area contributed by atoms with Crippen LogP contribution >= 0.6 is 0 Å². The topological polar surface area (TPSA) is 53.3 Å². The van der Waals surface area contributed by atoms with E-state index < -0.39 is 0 Å². The van der Waals surface area contributed by atoms with Crippen molar-refractivity contribution in [3.8, 4) is 6.07 Å². The van der Waals surface area contributed by atoms with E-state index in [-0.39, 0.29) is 5.91 Å². The normalized spacial score (nSPS) is 10.3. The van der Waals surface area contributed by atoms with Gasteiger partial charge >= 0.3 is 0 Å². The van der Waals surface area contributed by atoms with Crippen molar-refractivity contribution in [1.29, 1.82) is 5.26 Å². The highest BCUT2D eigenvalue weighted by Gasteiger charge is 2.15. The Morgan fingerprint density at radius 1 is 1.35 bits per heavy atom. The fraction of sp³-hybridized carbons (Fsp3) is 0.500. The second kappa shape index (κ2) is 8.34. The summed E-state index contributed by atoms with van der Waals surface area (Å²) in [6.07, 6.45) is 0.363. The third kappa shape index (κ3) is 5.41. The van der Waals surface area contributed by atoms with Crippen LogP contribution in [-0.2, 0) is 16.0 Å². The predicted molar refractivity (Wildman–Crippen MR) is 78.2 cm³/mol. The average molecular weight is 274 g/mol. The molecule has 0 atom stereocenters. The molecule has 0 saturated heterocycles. The number of nitrogens with zero attached hydrogens (tertiary/aromatic N) is 2. The number of rotatable bonds is 7. The van der Waals surface area contributed by atoms with Crippen molar-refractivity contribution in [2.45, 2.75) is 20.3 Å². The summed E-state index contributed by atoms with van der Waals surface area (Å²) in [5, 5.41) is 8.76. The molecule has 0 fully saturated rings. The fourth-order valence-corrected chi connectivity index (χ4v) is 1.94. The third-order valence-corrected chi connectivity index (χ3v) is 2.94. The van der Waals surface area contributed by atoms with E-state index in [1.807, 2.05) is 17.0 Å². The maximum Gasteiger partial charge on any atom is 0.227 e. The molecule has 0 N–H and O–H groups in total. The molecule has 1 rings (SSSR count). The zero-order chi connectivity index (χ0) is 15.0. The molecule has 1 amide bonds. The van der Waals surface area contributed by atoms with Gasteiger partial charge in [-0.1, -0.05) is 26.0 Å². The monoisotopic (exact) mass is 274 g/mol. The lowest BCUT2D eigenvalue weighted by Crippen LogP contribution is -2.37. The van der Waals surface area contributed by atoms with Crippen LogP contribution < -0.4 is 0 Å². The van der Waals surface area contributed by atoms with Crippen molar-refractivity contribution in [3.05, 3.63) is 35.4 Å². The Bertz CT molecular complexity index is 460. The minimum atomic E-state index is 0.0976. The lowest BCUT2D eigenvalue weighted by atomic mass is 10.1. The van der Waals surface area contributed by atoms with Gasteiger partial charge in [-0.25, -0.2) is 0 Å². The minimum absolute atomic E-state index is 0.0976. The van der Waals surface area contributed by atoms with Gasteiger partial charge in [0.1, 0.15) is 0 Å². The summed E-state index contributed by atoms with van der Waals surface area (Å²) < 4.78 is 5.05. The number of ether oxygens (including phenoxy) is 1. The molecular weight excluding hydrogens is 252 g/mol. The van der Waals surface area contributed by atoms with Crippen LogP contribution in [0.3, 0.4) is 0 Å². The summed E-state index contributed by atoms with van der Waals surface area (Å²) >= 11 is 0. The number of carbonyl (C=O) groups excluding carboxylic acids is 1. The van der Waals surface area contributed by atoms with Gasteiger partial charge in [0.25, 0.3) is 0 Å². The SMILES string of the molecule is COCCN(CC(C)C)C(=O)Cc1ccc(C#N)cc1. The van der Waals surface area contributed by atoms with Gasteiger partial charge in [-0.05, 0) is 23.6 Å². The molecule has 0 aliphatic heterocycles. The first-order chi connectivity index (χ1) is 9.56. The lowest BCUT2D eigenvalue weighted by molar-refractivity contribution is -0.131. The molecule has 0 aliphatic rings. The number of hydrogen-bond acceptors (Lipinski definition) is 3. The van der Waals surface area contributed by atoms with E-state index in [9.17, 15) is 4.79 Å². The predicted octanol–water partition coefficient (Wildman–Crippen LogP) is 2.23. The first-order valence-electron chi connectivity index (χ1n) is 6.82. The average Bonchev–Trinajstić information content (AvgIpc) is 2.43. The summed E-state index contributed by atoms with van der Waals surface area (Å²) in [5.74, 6) is 0.525. The number of amides is 1. The molecule has 4 nitrogen and oxygen atoms in total. The van der Waals surface area contributed by atoms with Gasteiger partial charge in [0.05, 0.1) is 24.7 Å². The molecule has 20 heavy (non-hydrogen) atoms. The maximum atomic E-state index is 12.3. The van der Waals surface area contributed by atoms with E-state index in [0.717, 1.165) is 12.1 Å².